The first kappa shape index (κ1) is 19.4. The van der Waals surface area contributed by atoms with E-state index in [1.807, 2.05) is 19.9 Å². The number of nitrogens with one attached hydrogen (secondary N) is 3. The summed E-state index contributed by atoms with van der Waals surface area (Å²) in [6, 6.07) is 7.24. The third-order valence-corrected chi connectivity index (χ3v) is 6.75. The van der Waals surface area contributed by atoms with Crippen LogP contribution in [-0.4, -0.2) is 23.0 Å². The Morgan fingerprint density at radius 2 is 1.68 bits per heavy atom. The van der Waals surface area contributed by atoms with Gasteiger partial charge in [-0.05, 0) is 101 Å². The summed E-state index contributed by atoms with van der Waals surface area (Å²) >= 11 is 5.40. The number of thiocarbonyl (C=S) groups is 1. The number of benzene rings is 1. The number of rotatable bonds is 4. The van der Waals surface area contributed by atoms with Crippen LogP contribution in [0.1, 0.15) is 62.7 Å². The van der Waals surface area contributed by atoms with Crippen molar-refractivity contribution >= 4 is 34.8 Å². The molecule has 0 aliphatic heterocycles. The van der Waals surface area contributed by atoms with Gasteiger partial charge in [0.2, 0.25) is 5.91 Å². The van der Waals surface area contributed by atoms with Gasteiger partial charge in [-0.25, -0.2) is 0 Å². The van der Waals surface area contributed by atoms with Crippen LogP contribution in [0.2, 0.25) is 0 Å². The summed E-state index contributed by atoms with van der Waals surface area (Å²) < 4.78 is 0. The monoisotopic (exact) mass is 399 g/mol. The van der Waals surface area contributed by atoms with E-state index in [2.05, 4.69) is 16.0 Å². The molecular formula is C22H29N3O2S. The van der Waals surface area contributed by atoms with Crippen LogP contribution in [0.25, 0.3) is 0 Å². The number of anilines is 1. The molecule has 4 fully saturated rings. The van der Waals surface area contributed by atoms with Crippen LogP contribution in [0.5, 0.6) is 0 Å². The smallest absolute Gasteiger partial charge is 0.251 e. The predicted molar refractivity (Wildman–Crippen MR) is 114 cm³/mol. The first-order chi connectivity index (χ1) is 13.3. The zero-order valence-corrected chi connectivity index (χ0v) is 17.4. The molecule has 5 nitrogen and oxygen atoms in total. The summed E-state index contributed by atoms with van der Waals surface area (Å²) in [5.41, 5.74) is 1.04. The SMILES string of the molecule is CC(C)NC(=O)c1cccc(NC(=S)NC(=O)C23CC4CC(CC(C4)C2)C3)c1. The van der Waals surface area contributed by atoms with Gasteiger partial charge in [-0.3, -0.25) is 9.59 Å². The summed E-state index contributed by atoms with van der Waals surface area (Å²) in [5, 5.41) is 9.20. The topological polar surface area (TPSA) is 70.2 Å². The predicted octanol–water partition coefficient (Wildman–Crippen LogP) is 3.85. The number of hydrogen-bond acceptors (Lipinski definition) is 3. The Morgan fingerprint density at radius 3 is 2.25 bits per heavy atom. The highest BCUT2D eigenvalue weighted by molar-refractivity contribution is 7.80. The largest absolute Gasteiger partial charge is 0.350 e. The fourth-order valence-corrected chi connectivity index (χ4v) is 6.08. The number of amides is 2. The van der Waals surface area contributed by atoms with E-state index in [1.165, 1.54) is 19.3 Å². The lowest BCUT2D eigenvalue weighted by atomic mass is 9.49. The Hall–Kier alpha value is -1.95. The first-order valence-corrected chi connectivity index (χ1v) is 10.8. The summed E-state index contributed by atoms with van der Waals surface area (Å²) in [7, 11) is 0. The molecule has 0 saturated heterocycles. The average Bonchev–Trinajstić information content (AvgIpc) is 2.60. The minimum absolute atomic E-state index is 0.0739. The average molecular weight is 400 g/mol. The fourth-order valence-electron chi connectivity index (χ4n) is 5.87. The summed E-state index contributed by atoms with van der Waals surface area (Å²) in [6.45, 7) is 3.85. The molecule has 4 saturated carbocycles. The highest BCUT2D eigenvalue weighted by Crippen LogP contribution is 2.60. The second kappa shape index (κ2) is 7.47. The van der Waals surface area contributed by atoms with Crippen molar-refractivity contribution in [3.63, 3.8) is 0 Å². The van der Waals surface area contributed by atoms with Gasteiger partial charge in [0.25, 0.3) is 5.91 Å². The van der Waals surface area contributed by atoms with Crippen molar-refractivity contribution in [2.24, 2.45) is 23.2 Å². The third kappa shape index (κ3) is 3.93. The number of hydrogen-bond donors (Lipinski definition) is 3. The van der Waals surface area contributed by atoms with Crippen LogP contribution in [0.15, 0.2) is 24.3 Å². The van der Waals surface area contributed by atoms with E-state index in [-0.39, 0.29) is 23.3 Å². The number of carbonyl (C=O) groups excluding carboxylic acids is 2. The van der Waals surface area contributed by atoms with E-state index in [9.17, 15) is 9.59 Å². The maximum Gasteiger partial charge on any atom is 0.251 e. The molecule has 0 atom stereocenters. The molecule has 1 aromatic carbocycles. The molecule has 150 valence electrons. The van der Waals surface area contributed by atoms with Gasteiger partial charge in [-0.1, -0.05) is 6.07 Å². The summed E-state index contributed by atoms with van der Waals surface area (Å²) in [5.74, 6) is 2.11. The molecule has 4 aliphatic carbocycles. The van der Waals surface area contributed by atoms with Crippen molar-refractivity contribution < 1.29 is 9.59 Å². The molecular weight excluding hydrogens is 370 g/mol. The third-order valence-electron chi connectivity index (χ3n) is 6.55. The molecule has 28 heavy (non-hydrogen) atoms. The highest BCUT2D eigenvalue weighted by Gasteiger charge is 2.54. The molecule has 0 radical (unpaired) electrons. The molecule has 1 aromatic rings. The lowest BCUT2D eigenvalue weighted by molar-refractivity contribution is -0.144. The van der Waals surface area contributed by atoms with Crippen LogP contribution in [-0.2, 0) is 4.79 Å². The molecule has 4 bridgehead atoms. The van der Waals surface area contributed by atoms with Crippen molar-refractivity contribution in [3.8, 4) is 0 Å². The molecule has 0 unspecified atom stereocenters. The van der Waals surface area contributed by atoms with Gasteiger partial charge in [-0.2, -0.15) is 0 Å². The maximum atomic E-state index is 13.1. The van der Waals surface area contributed by atoms with Crippen molar-refractivity contribution in [2.45, 2.75) is 58.4 Å². The second-order valence-electron chi connectivity index (χ2n) is 9.32. The Morgan fingerprint density at radius 1 is 1.07 bits per heavy atom. The van der Waals surface area contributed by atoms with Crippen LogP contribution in [0.3, 0.4) is 0 Å². The Bertz CT molecular complexity index is 769. The lowest BCUT2D eigenvalue weighted by Gasteiger charge is -2.55. The number of carbonyl (C=O) groups is 2. The van der Waals surface area contributed by atoms with E-state index >= 15 is 0 Å². The second-order valence-corrected chi connectivity index (χ2v) is 9.72. The molecule has 2 amide bonds. The molecule has 0 heterocycles. The highest BCUT2D eigenvalue weighted by atomic mass is 32.1. The Balaban J connectivity index is 1.38. The van der Waals surface area contributed by atoms with E-state index in [1.54, 1.807) is 18.2 Å². The standard InChI is InChI=1S/C22H29N3O2S/c1-13(2)23-19(26)17-4-3-5-18(9-17)24-21(28)25-20(27)22-10-14-6-15(11-22)8-16(7-14)12-22/h3-5,9,13-16H,6-8,10-12H2,1-2H3,(H,23,26)(H2,24,25,27,28). The normalized spacial score (nSPS) is 30.2. The molecule has 3 N–H and O–H groups in total. The van der Waals surface area contributed by atoms with Crippen LogP contribution in [0, 0.1) is 23.2 Å². The maximum absolute atomic E-state index is 13.1. The lowest BCUT2D eigenvalue weighted by Crippen LogP contribution is -2.55. The molecule has 0 spiro atoms. The van der Waals surface area contributed by atoms with Gasteiger partial charge >= 0.3 is 0 Å². The van der Waals surface area contributed by atoms with E-state index in [0.717, 1.165) is 37.0 Å². The van der Waals surface area contributed by atoms with Crippen molar-refractivity contribution in [1.29, 1.82) is 0 Å². The van der Waals surface area contributed by atoms with Crippen LogP contribution in [0.4, 0.5) is 5.69 Å². The van der Waals surface area contributed by atoms with Gasteiger partial charge < -0.3 is 16.0 Å². The van der Waals surface area contributed by atoms with E-state index in [0.29, 0.717) is 16.4 Å². The minimum Gasteiger partial charge on any atom is -0.350 e. The Kier molecular flexibility index (Phi) is 5.17. The minimum atomic E-state index is -0.223. The van der Waals surface area contributed by atoms with Gasteiger partial charge in [0.05, 0.1) is 5.41 Å². The zero-order valence-electron chi connectivity index (χ0n) is 16.6. The van der Waals surface area contributed by atoms with Gasteiger partial charge in [0.15, 0.2) is 5.11 Å². The summed E-state index contributed by atoms with van der Waals surface area (Å²) in [6.07, 6.45) is 6.95. The fraction of sp³-hybridized carbons (Fsp3) is 0.591. The Labute approximate surface area is 172 Å². The molecule has 5 rings (SSSR count). The van der Waals surface area contributed by atoms with E-state index < -0.39 is 0 Å². The summed E-state index contributed by atoms with van der Waals surface area (Å²) in [4.78, 5) is 25.3. The van der Waals surface area contributed by atoms with Crippen molar-refractivity contribution in [3.05, 3.63) is 29.8 Å². The first-order valence-electron chi connectivity index (χ1n) is 10.4. The van der Waals surface area contributed by atoms with E-state index in [4.69, 9.17) is 12.2 Å². The van der Waals surface area contributed by atoms with Crippen molar-refractivity contribution in [2.75, 3.05) is 5.32 Å². The molecule has 6 heteroatoms. The van der Waals surface area contributed by atoms with Crippen molar-refractivity contribution in [1.82, 2.24) is 10.6 Å². The van der Waals surface area contributed by atoms with Gasteiger partial charge in [-0.15, -0.1) is 0 Å². The molecule has 0 aromatic heterocycles. The van der Waals surface area contributed by atoms with Crippen LogP contribution < -0.4 is 16.0 Å². The zero-order chi connectivity index (χ0) is 19.9. The quantitative estimate of drug-likeness (QED) is 0.673. The molecule has 4 aliphatic rings. The van der Waals surface area contributed by atoms with Gasteiger partial charge in [0.1, 0.15) is 0 Å². The van der Waals surface area contributed by atoms with Crippen LogP contribution >= 0.6 is 12.2 Å². The van der Waals surface area contributed by atoms with Gasteiger partial charge in [0, 0.05) is 17.3 Å².